The maximum absolute atomic E-state index is 3.53. The zero-order valence-electron chi connectivity index (χ0n) is 8.98. The maximum atomic E-state index is 3.53. The number of anilines is 2. The van der Waals surface area contributed by atoms with Crippen molar-refractivity contribution in [3.05, 3.63) is 60.2 Å². The average Bonchev–Trinajstić information content (AvgIpc) is 2.74. The lowest BCUT2D eigenvalue weighted by atomic mass is 10.1. The van der Waals surface area contributed by atoms with E-state index in [-0.39, 0.29) is 0 Å². The summed E-state index contributed by atoms with van der Waals surface area (Å²) in [4.78, 5) is 0. The monoisotopic (exact) mass is 210 g/mol. The van der Waals surface area contributed by atoms with Crippen LogP contribution in [0.25, 0.3) is 0 Å². The van der Waals surface area contributed by atoms with Crippen LogP contribution in [-0.4, -0.2) is 6.54 Å². The Morgan fingerprint density at radius 2 is 1.69 bits per heavy atom. The number of rotatable bonds is 2. The molecule has 2 aromatic carbocycles. The zero-order valence-corrected chi connectivity index (χ0v) is 8.98. The van der Waals surface area contributed by atoms with E-state index in [1.807, 2.05) is 6.07 Å². The number of hydrogen-bond donors (Lipinski definition) is 2. The van der Waals surface area contributed by atoms with Gasteiger partial charge in [-0.3, -0.25) is 0 Å². The summed E-state index contributed by atoms with van der Waals surface area (Å²) in [5.74, 6) is 0. The molecule has 0 saturated heterocycles. The Hall–Kier alpha value is -1.96. The summed E-state index contributed by atoms with van der Waals surface area (Å²) < 4.78 is 0. The minimum atomic E-state index is 0.374. The first-order valence-corrected chi connectivity index (χ1v) is 5.58. The molecule has 3 rings (SSSR count). The van der Waals surface area contributed by atoms with Crippen molar-refractivity contribution in [1.82, 2.24) is 0 Å². The summed E-state index contributed by atoms with van der Waals surface area (Å²) in [5.41, 5.74) is 3.77. The zero-order chi connectivity index (χ0) is 10.8. The number of benzene rings is 2. The second-order valence-corrected chi connectivity index (χ2v) is 4.03. The van der Waals surface area contributed by atoms with Gasteiger partial charge < -0.3 is 10.6 Å². The molecule has 0 bridgehead atoms. The van der Waals surface area contributed by atoms with E-state index in [0.29, 0.717) is 6.04 Å². The third-order valence-corrected chi connectivity index (χ3v) is 2.95. The Bertz CT molecular complexity index is 479. The smallest absolute Gasteiger partial charge is 0.0706 e. The van der Waals surface area contributed by atoms with E-state index in [1.165, 1.54) is 16.9 Å². The van der Waals surface area contributed by atoms with Crippen LogP contribution < -0.4 is 10.6 Å². The number of para-hydroxylation sites is 2. The van der Waals surface area contributed by atoms with Crippen LogP contribution in [0.5, 0.6) is 0 Å². The van der Waals surface area contributed by atoms with Crippen molar-refractivity contribution in [1.29, 1.82) is 0 Å². The quantitative estimate of drug-likeness (QED) is 0.795. The van der Waals surface area contributed by atoms with Crippen molar-refractivity contribution in [2.45, 2.75) is 6.04 Å². The highest BCUT2D eigenvalue weighted by molar-refractivity contribution is 5.60. The van der Waals surface area contributed by atoms with Crippen molar-refractivity contribution in [3.63, 3.8) is 0 Å². The highest BCUT2D eigenvalue weighted by Gasteiger charge is 2.20. The van der Waals surface area contributed by atoms with Gasteiger partial charge in [-0.05, 0) is 23.8 Å². The van der Waals surface area contributed by atoms with Crippen molar-refractivity contribution in [3.8, 4) is 0 Å². The molecule has 0 spiro atoms. The number of nitrogens with one attached hydrogen (secondary N) is 2. The van der Waals surface area contributed by atoms with Gasteiger partial charge in [0.2, 0.25) is 0 Å². The second-order valence-electron chi connectivity index (χ2n) is 4.03. The van der Waals surface area contributed by atoms with Crippen molar-refractivity contribution in [2.75, 3.05) is 17.2 Å². The Labute approximate surface area is 95.3 Å². The Balaban J connectivity index is 1.84. The van der Waals surface area contributed by atoms with Gasteiger partial charge in [0.05, 0.1) is 6.04 Å². The summed E-state index contributed by atoms with van der Waals surface area (Å²) in [5, 5.41) is 6.94. The summed E-state index contributed by atoms with van der Waals surface area (Å²) >= 11 is 0. The highest BCUT2D eigenvalue weighted by Crippen LogP contribution is 2.31. The van der Waals surface area contributed by atoms with Crippen LogP contribution in [0.2, 0.25) is 0 Å². The SMILES string of the molecule is c1ccc(N[C@H]2CNc3ccccc32)cc1. The van der Waals surface area contributed by atoms with Gasteiger partial charge >= 0.3 is 0 Å². The molecule has 2 nitrogen and oxygen atoms in total. The molecule has 1 atom stereocenters. The molecular weight excluding hydrogens is 196 g/mol. The van der Waals surface area contributed by atoms with Gasteiger partial charge in [0.25, 0.3) is 0 Å². The standard InChI is InChI=1S/C14H14N2/c1-2-6-11(7-3-1)16-14-10-15-13-9-5-4-8-12(13)14/h1-9,14-16H,10H2/t14-/m0/s1. The molecule has 0 unspecified atom stereocenters. The molecule has 2 aromatic rings. The van der Waals surface area contributed by atoms with E-state index < -0.39 is 0 Å². The molecular formula is C14H14N2. The molecule has 0 radical (unpaired) electrons. The first-order chi connectivity index (χ1) is 7.93. The molecule has 2 heteroatoms. The van der Waals surface area contributed by atoms with Crippen molar-refractivity contribution < 1.29 is 0 Å². The maximum Gasteiger partial charge on any atom is 0.0706 e. The van der Waals surface area contributed by atoms with E-state index >= 15 is 0 Å². The van der Waals surface area contributed by atoms with Crippen LogP contribution in [-0.2, 0) is 0 Å². The molecule has 0 amide bonds. The highest BCUT2D eigenvalue weighted by atomic mass is 15.0. The molecule has 0 fully saturated rings. The van der Waals surface area contributed by atoms with Crippen LogP contribution in [0.15, 0.2) is 54.6 Å². The lowest BCUT2D eigenvalue weighted by molar-refractivity contribution is 0.872. The van der Waals surface area contributed by atoms with Crippen LogP contribution in [0.3, 0.4) is 0 Å². The van der Waals surface area contributed by atoms with Gasteiger partial charge in [0, 0.05) is 17.9 Å². The first-order valence-electron chi connectivity index (χ1n) is 5.58. The summed E-state index contributed by atoms with van der Waals surface area (Å²) in [6.07, 6.45) is 0. The van der Waals surface area contributed by atoms with E-state index in [9.17, 15) is 0 Å². The second kappa shape index (κ2) is 3.89. The van der Waals surface area contributed by atoms with E-state index in [4.69, 9.17) is 0 Å². The molecule has 1 heterocycles. The summed E-state index contributed by atoms with van der Waals surface area (Å²) in [6, 6.07) is 19.2. The molecule has 0 aliphatic carbocycles. The van der Waals surface area contributed by atoms with Gasteiger partial charge in [-0.15, -0.1) is 0 Å². The fraction of sp³-hybridized carbons (Fsp3) is 0.143. The molecule has 1 aliphatic rings. The molecule has 1 aliphatic heterocycles. The van der Waals surface area contributed by atoms with Crippen LogP contribution >= 0.6 is 0 Å². The van der Waals surface area contributed by atoms with Crippen molar-refractivity contribution in [2.24, 2.45) is 0 Å². The molecule has 80 valence electrons. The van der Waals surface area contributed by atoms with E-state index in [0.717, 1.165) is 6.54 Å². The van der Waals surface area contributed by atoms with E-state index in [2.05, 4.69) is 59.2 Å². The predicted molar refractivity (Wildman–Crippen MR) is 67.7 cm³/mol. The predicted octanol–water partition coefficient (Wildman–Crippen LogP) is 3.27. The lowest BCUT2D eigenvalue weighted by Gasteiger charge is -2.13. The minimum Gasteiger partial charge on any atom is -0.382 e. The minimum absolute atomic E-state index is 0.374. The lowest BCUT2D eigenvalue weighted by Crippen LogP contribution is -2.12. The molecule has 0 aromatic heterocycles. The molecule has 0 saturated carbocycles. The third-order valence-electron chi connectivity index (χ3n) is 2.95. The fourth-order valence-corrected chi connectivity index (χ4v) is 2.15. The summed E-state index contributed by atoms with van der Waals surface area (Å²) in [7, 11) is 0. The topological polar surface area (TPSA) is 24.1 Å². The largest absolute Gasteiger partial charge is 0.382 e. The normalized spacial score (nSPS) is 17.6. The van der Waals surface area contributed by atoms with Gasteiger partial charge in [-0.25, -0.2) is 0 Å². The van der Waals surface area contributed by atoms with Crippen LogP contribution in [0, 0.1) is 0 Å². The van der Waals surface area contributed by atoms with Crippen LogP contribution in [0.1, 0.15) is 11.6 Å². The Kier molecular flexibility index (Phi) is 2.26. The molecule has 2 N–H and O–H groups in total. The third kappa shape index (κ3) is 1.63. The van der Waals surface area contributed by atoms with Gasteiger partial charge in [-0.2, -0.15) is 0 Å². The summed E-state index contributed by atoms with van der Waals surface area (Å²) in [6.45, 7) is 0.953. The number of fused-ring (bicyclic) bond motifs is 1. The van der Waals surface area contributed by atoms with Gasteiger partial charge in [0.15, 0.2) is 0 Å². The fourth-order valence-electron chi connectivity index (χ4n) is 2.15. The average molecular weight is 210 g/mol. The van der Waals surface area contributed by atoms with Gasteiger partial charge in [0.1, 0.15) is 0 Å². The van der Waals surface area contributed by atoms with E-state index in [1.54, 1.807) is 0 Å². The first kappa shape index (κ1) is 9.28. The Morgan fingerprint density at radius 1 is 0.938 bits per heavy atom. The van der Waals surface area contributed by atoms with Crippen molar-refractivity contribution >= 4 is 11.4 Å². The van der Waals surface area contributed by atoms with Crippen LogP contribution in [0.4, 0.5) is 11.4 Å². The Morgan fingerprint density at radius 3 is 2.56 bits per heavy atom. The van der Waals surface area contributed by atoms with Gasteiger partial charge in [-0.1, -0.05) is 36.4 Å². The molecule has 16 heavy (non-hydrogen) atoms. The number of hydrogen-bond acceptors (Lipinski definition) is 2.